The normalized spacial score (nSPS) is 23.6. The lowest BCUT2D eigenvalue weighted by Crippen LogP contribution is -2.42. The highest BCUT2D eigenvalue weighted by molar-refractivity contribution is 6.18. The minimum atomic E-state index is 0.764. The molecule has 0 aromatic carbocycles. The van der Waals surface area contributed by atoms with Crippen molar-refractivity contribution in [2.45, 2.75) is 18.9 Å². The average Bonchev–Trinajstić information content (AvgIpc) is 3.09. The number of hydrogen-bond acceptors (Lipinski definition) is 3. The molecule has 2 aliphatic rings. The number of morpholine rings is 1. The Balaban J connectivity index is 1.65. The van der Waals surface area contributed by atoms with Crippen molar-refractivity contribution in [3.63, 3.8) is 0 Å². The number of halogens is 1. The first-order valence-corrected chi connectivity index (χ1v) is 6.53. The number of alkyl halides is 1. The summed E-state index contributed by atoms with van der Waals surface area (Å²) in [6.45, 7) is 7.40. The third kappa shape index (κ3) is 3.91. The second-order valence-corrected chi connectivity index (χ2v) is 4.79. The Morgan fingerprint density at radius 1 is 1.20 bits per heavy atom. The van der Waals surface area contributed by atoms with E-state index in [0.717, 1.165) is 44.8 Å². The van der Waals surface area contributed by atoms with Gasteiger partial charge in [0.15, 0.2) is 0 Å². The van der Waals surface area contributed by atoms with E-state index in [4.69, 9.17) is 16.3 Å². The first-order chi connectivity index (χ1) is 7.40. The van der Waals surface area contributed by atoms with Crippen molar-refractivity contribution < 1.29 is 4.74 Å². The van der Waals surface area contributed by atoms with E-state index in [9.17, 15) is 0 Å². The maximum Gasteiger partial charge on any atom is 0.0594 e. The van der Waals surface area contributed by atoms with Gasteiger partial charge in [-0.15, -0.1) is 11.6 Å². The van der Waals surface area contributed by atoms with Gasteiger partial charge in [0.05, 0.1) is 13.2 Å². The van der Waals surface area contributed by atoms with Crippen molar-refractivity contribution in [3.8, 4) is 0 Å². The molecule has 0 spiro atoms. The standard InChI is InChI=1S/C11H21ClN2O/c12-3-4-14(11-1-2-11)6-5-13-7-9-15-10-8-13/h11H,1-10H2. The lowest BCUT2D eigenvalue weighted by molar-refractivity contribution is 0.0332. The molecule has 0 aromatic rings. The van der Waals surface area contributed by atoms with E-state index in [1.54, 1.807) is 0 Å². The lowest BCUT2D eigenvalue weighted by atomic mass is 10.3. The fourth-order valence-corrected chi connectivity index (χ4v) is 2.34. The van der Waals surface area contributed by atoms with Crippen LogP contribution in [0.2, 0.25) is 0 Å². The summed E-state index contributed by atoms with van der Waals surface area (Å²) in [5.41, 5.74) is 0. The fraction of sp³-hybridized carbons (Fsp3) is 1.00. The molecular weight excluding hydrogens is 212 g/mol. The summed E-state index contributed by atoms with van der Waals surface area (Å²) in [4.78, 5) is 5.04. The van der Waals surface area contributed by atoms with Gasteiger partial charge in [0, 0.05) is 44.6 Å². The van der Waals surface area contributed by atoms with Gasteiger partial charge in [0.2, 0.25) is 0 Å². The molecule has 4 heteroatoms. The summed E-state index contributed by atoms with van der Waals surface area (Å²) in [6, 6.07) is 0.838. The van der Waals surface area contributed by atoms with Crippen molar-refractivity contribution in [1.82, 2.24) is 9.80 Å². The zero-order valence-corrected chi connectivity index (χ0v) is 10.1. The van der Waals surface area contributed by atoms with Crippen LogP contribution in [0.1, 0.15) is 12.8 Å². The minimum Gasteiger partial charge on any atom is -0.379 e. The van der Waals surface area contributed by atoms with Gasteiger partial charge < -0.3 is 4.74 Å². The van der Waals surface area contributed by atoms with Gasteiger partial charge in [-0.25, -0.2) is 0 Å². The van der Waals surface area contributed by atoms with Gasteiger partial charge in [-0.05, 0) is 12.8 Å². The van der Waals surface area contributed by atoms with E-state index in [1.165, 1.54) is 25.9 Å². The van der Waals surface area contributed by atoms with Crippen molar-refractivity contribution in [3.05, 3.63) is 0 Å². The van der Waals surface area contributed by atoms with Gasteiger partial charge in [-0.2, -0.15) is 0 Å². The van der Waals surface area contributed by atoms with Crippen LogP contribution in [0.3, 0.4) is 0 Å². The fourth-order valence-electron chi connectivity index (χ4n) is 2.12. The summed E-state index contributed by atoms with van der Waals surface area (Å²) >= 11 is 5.81. The summed E-state index contributed by atoms with van der Waals surface area (Å²) in [5, 5.41) is 0. The lowest BCUT2D eigenvalue weighted by Gasteiger charge is -2.29. The van der Waals surface area contributed by atoms with Crippen molar-refractivity contribution in [2.24, 2.45) is 0 Å². The smallest absolute Gasteiger partial charge is 0.0594 e. The zero-order chi connectivity index (χ0) is 10.5. The van der Waals surface area contributed by atoms with Gasteiger partial charge >= 0.3 is 0 Å². The van der Waals surface area contributed by atoms with Crippen LogP contribution in [0.25, 0.3) is 0 Å². The van der Waals surface area contributed by atoms with Crippen LogP contribution in [0.5, 0.6) is 0 Å². The Kier molecular flexibility index (Phi) is 4.69. The molecule has 0 radical (unpaired) electrons. The first-order valence-electron chi connectivity index (χ1n) is 6.00. The Hall–Kier alpha value is 0.170. The zero-order valence-electron chi connectivity index (χ0n) is 9.33. The van der Waals surface area contributed by atoms with Crippen LogP contribution in [0.4, 0.5) is 0 Å². The number of nitrogens with zero attached hydrogens (tertiary/aromatic N) is 2. The summed E-state index contributed by atoms with van der Waals surface area (Å²) in [5.74, 6) is 0.764. The highest BCUT2D eigenvalue weighted by Gasteiger charge is 2.28. The second kappa shape index (κ2) is 6.04. The maximum absolute atomic E-state index is 5.81. The van der Waals surface area contributed by atoms with Crippen LogP contribution in [0, 0.1) is 0 Å². The molecule has 1 heterocycles. The number of ether oxygens (including phenoxy) is 1. The topological polar surface area (TPSA) is 15.7 Å². The number of hydrogen-bond donors (Lipinski definition) is 0. The van der Waals surface area contributed by atoms with Crippen LogP contribution in [0.15, 0.2) is 0 Å². The summed E-state index contributed by atoms with van der Waals surface area (Å²) < 4.78 is 5.34. The summed E-state index contributed by atoms with van der Waals surface area (Å²) in [6.07, 6.45) is 2.75. The molecule has 0 N–H and O–H groups in total. The van der Waals surface area contributed by atoms with Crippen LogP contribution < -0.4 is 0 Å². The van der Waals surface area contributed by atoms with E-state index in [1.807, 2.05) is 0 Å². The molecule has 0 unspecified atom stereocenters. The minimum absolute atomic E-state index is 0.764. The Labute approximate surface area is 97.3 Å². The van der Waals surface area contributed by atoms with Crippen molar-refractivity contribution in [2.75, 3.05) is 51.8 Å². The molecule has 0 bridgehead atoms. The molecule has 1 aliphatic heterocycles. The molecule has 0 amide bonds. The van der Waals surface area contributed by atoms with Crippen LogP contribution >= 0.6 is 11.6 Å². The Morgan fingerprint density at radius 3 is 2.53 bits per heavy atom. The van der Waals surface area contributed by atoms with E-state index in [0.29, 0.717) is 0 Å². The van der Waals surface area contributed by atoms with Gasteiger partial charge in [0.1, 0.15) is 0 Å². The quantitative estimate of drug-likeness (QED) is 0.636. The molecule has 1 saturated heterocycles. The largest absolute Gasteiger partial charge is 0.379 e. The maximum atomic E-state index is 5.81. The molecule has 0 atom stereocenters. The van der Waals surface area contributed by atoms with Gasteiger partial charge in [-0.3, -0.25) is 9.80 Å². The Bertz CT molecular complexity index is 181. The first kappa shape index (κ1) is 11.6. The number of rotatable bonds is 6. The highest BCUT2D eigenvalue weighted by atomic mass is 35.5. The van der Waals surface area contributed by atoms with Crippen LogP contribution in [-0.2, 0) is 4.74 Å². The predicted octanol–water partition coefficient (Wildman–Crippen LogP) is 1.02. The average molecular weight is 233 g/mol. The Morgan fingerprint density at radius 2 is 1.93 bits per heavy atom. The van der Waals surface area contributed by atoms with Gasteiger partial charge in [0.25, 0.3) is 0 Å². The SMILES string of the molecule is ClCCN(CCN1CCOCC1)C1CC1. The highest BCUT2D eigenvalue weighted by Crippen LogP contribution is 2.26. The third-order valence-corrected chi connectivity index (χ3v) is 3.41. The van der Waals surface area contributed by atoms with Gasteiger partial charge in [-0.1, -0.05) is 0 Å². The molecule has 0 aromatic heterocycles. The second-order valence-electron chi connectivity index (χ2n) is 4.41. The van der Waals surface area contributed by atoms with E-state index in [2.05, 4.69) is 9.80 Å². The van der Waals surface area contributed by atoms with Crippen LogP contribution in [-0.4, -0.2) is 67.7 Å². The molecule has 88 valence electrons. The van der Waals surface area contributed by atoms with E-state index >= 15 is 0 Å². The molecule has 3 nitrogen and oxygen atoms in total. The molecule has 15 heavy (non-hydrogen) atoms. The van der Waals surface area contributed by atoms with E-state index in [-0.39, 0.29) is 0 Å². The predicted molar refractivity (Wildman–Crippen MR) is 62.6 cm³/mol. The molecular formula is C11H21ClN2O. The summed E-state index contributed by atoms with van der Waals surface area (Å²) in [7, 11) is 0. The molecule has 2 rings (SSSR count). The molecule has 2 fully saturated rings. The molecule has 1 aliphatic carbocycles. The van der Waals surface area contributed by atoms with Crippen molar-refractivity contribution >= 4 is 11.6 Å². The molecule has 1 saturated carbocycles. The van der Waals surface area contributed by atoms with E-state index < -0.39 is 0 Å². The third-order valence-electron chi connectivity index (χ3n) is 3.24. The van der Waals surface area contributed by atoms with Crippen molar-refractivity contribution in [1.29, 1.82) is 0 Å². The monoisotopic (exact) mass is 232 g/mol.